The molecule has 1 aliphatic rings. The first-order chi connectivity index (χ1) is 15.4. The third-order valence-corrected chi connectivity index (χ3v) is 5.47. The van der Waals surface area contributed by atoms with E-state index in [0.29, 0.717) is 12.1 Å². The van der Waals surface area contributed by atoms with Gasteiger partial charge in [0, 0.05) is 23.1 Å². The smallest absolute Gasteiger partial charge is 0.429 e. The van der Waals surface area contributed by atoms with E-state index in [9.17, 15) is 31.4 Å². The van der Waals surface area contributed by atoms with Crippen LogP contribution in [0.1, 0.15) is 50.7 Å². The Bertz CT molecular complexity index is 966. The quantitative estimate of drug-likeness (QED) is 0.283. The van der Waals surface area contributed by atoms with Gasteiger partial charge in [0.2, 0.25) is 0 Å². The van der Waals surface area contributed by atoms with Crippen molar-refractivity contribution in [2.75, 3.05) is 13.2 Å². The summed E-state index contributed by atoms with van der Waals surface area (Å²) in [5.74, 6) is -10.2. The van der Waals surface area contributed by atoms with E-state index < -0.39 is 46.7 Å². The predicted octanol–water partition coefficient (Wildman–Crippen LogP) is 6.11. The fourth-order valence-corrected chi connectivity index (χ4v) is 3.48. The molecule has 1 saturated heterocycles. The topological polar surface area (TPSA) is 47.9 Å². The number of ether oxygens (including phenoxy) is 3. The molecule has 0 spiro atoms. The Balaban J connectivity index is 1.75. The summed E-state index contributed by atoms with van der Waals surface area (Å²) in [6.07, 6.45) is -0.572. The molecular weight excluding hydrogens is 454 g/mol. The Kier molecular flexibility index (Phi) is 7.30. The van der Waals surface area contributed by atoms with Gasteiger partial charge in [0.1, 0.15) is 11.6 Å². The van der Waals surface area contributed by atoms with Gasteiger partial charge in [0.25, 0.3) is 0 Å². The predicted molar refractivity (Wildman–Crippen MR) is 105 cm³/mol. The molecule has 0 aliphatic carbocycles. The minimum absolute atomic E-state index is 0.109. The van der Waals surface area contributed by atoms with E-state index in [1.165, 1.54) is 0 Å². The number of benzene rings is 2. The van der Waals surface area contributed by atoms with Crippen molar-refractivity contribution < 1.29 is 45.7 Å². The zero-order valence-corrected chi connectivity index (χ0v) is 18.1. The number of aliphatic hydroxyl groups is 1. The van der Waals surface area contributed by atoms with Crippen LogP contribution in [0.2, 0.25) is 0 Å². The van der Waals surface area contributed by atoms with Crippen LogP contribution in [-0.4, -0.2) is 18.3 Å². The summed E-state index contributed by atoms with van der Waals surface area (Å²) in [7, 11) is 0. The number of hydrogen-bond acceptors (Lipinski definition) is 4. The second-order valence-corrected chi connectivity index (χ2v) is 8.44. The number of rotatable bonds is 8. The van der Waals surface area contributed by atoms with Crippen LogP contribution in [0, 0.1) is 28.7 Å². The fourth-order valence-electron chi connectivity index (χ4n) is 3.48. The summed E-state index contributed by atoms with van der Waals surface area (Å²) < 4.78 is 98.1. The molecule has 0 amide bonds. The maximum atomic E-state index is 14.6. The molecule has 10 heteroatoms. The van der Waals surface area contributed by atoms with Gasteiger partial charge in [-0.1, -0.05) is 39.2 Å². The van der Waals surface area contributed by atoms with E-state index in [0.717, 1.165) is 31.7 Å². The van der Waals surface area contributed by atoms with E-state index in [4.69, 9.17) is 9.47 Å². The van der Waals surface area contributed by atoms with Crippen molar-refractivity contribution in [2.45, 2.75) is 51.6 Å². The highest BCUT2D eigenvalue weighted by Crippen LogP contribution is 2.40. The van der Waals surface area contributed by atoms with Gasteiger partial charge >= 0.3 is 12.1 Å². The molecule has 1 fully saturated rings. The van der Waals surface area contributed by atoms with Crippen molar-refractivity contribution in [3.8, 4) is 5.75 Å². The fraction of sp³-hybridized carbons (Fsp3) is 0.478. The van der Waals surface area contributed by atoms with Crippen molar-refractivity contribution in [3.05, 3.63) is 64.7 Å². The molecule has 0 radical (unpaired) electrons. The molecule has 0 aromatic heterocycles. The number of hydrogen-bond donors (Lipinski definition) is 1. The van der Waals surface area contributed by atoms with Gasteiger partial charge in [-0.2, -0.15) is 8.78 Å². The molecule has 182 valence electrons. The lowest BCUT2D eigenvalue weighted by Gasteiger charge is -2.42. The lowest BCUT2D eigenvalue weighted by Crippen LogP contribution is -2.46. The van der Waals surface area contributed by atoms with Gasteiger partial charge < -0.3 is 19.3 Å². The average molecular weight is 478 g/mol. The average Bonchev–Trinajstić information content (AvgIpc) is 2.74. The van der Waals surface area contributed by atoms with Crippen LogP contribution in [0.25, 0.3) is 0 Å². The first kappa shape index (κ1) is 25.3. The van der Waals surface area contributed by atoms with Gasteiger partial charge in [-0.3, -0.25) is 0 Å². The van der Waals surface area contributed by atoms with E-state index in [2.05, 4.69) is 11.7 Å². The summed E-state index contributed by atoms with van der Waals surface area (Å²) in [5.41, 5.74) is -1.89. The second-order valence-electron chi connectivity index (χ2n) is 8.44. The van der Waals surface area contributed by atoms with Gasteiger partial charge in [-0.25, -0.2) is 17.6 Å². The van der Waals surface area contributed by atoms with Crippen LogP contribution in [-0.2, 0) is 21.6 Å². The molecule has 2 aromatic carbocycles. The lowest BCUT2D eigenvalue weighted by molar-refractivity contribution is -0.415. The minimum Gasteiger partial charge on any atom is -0.429 e. The molecule has 0 atom stereocenters. The Morgan fingerprint density at radius 3 is 2.12 bits per heavy atom. The van der Waals surface area contributed by atoms with Gasteiger partial charge in [-0.15, -0.1) is 0 Å². The summed E-state index contributed by atoms with van der Waals surface area (Å²) >= 11 is 0. The van der Waals surface area contributed by atoms with E-state index >= 15 is 0 Å². The number of halogens is 6. The minimum atomic E-state index is -4.37. The molecule has 0 unspecified atom stereocenters. The third kappa shape index (κ3) is 5.62. The number of unbranched alkanes of at least 4 members (excludes halogenated alkanes) is 2. The first-order valence-electron chi connectivity index (χ1n) is 10.4. The molecule has 1 aliphatic heterocycles. The highest BCUT2D eigenvalue weighted by molar-refractivity contribution is 5.31. The summed E-state index contributed by atoms with van der Waals surface area (Å²) in [6, 6.07) is 2.60. The van der Waals surface area contributed by atoms with Crippen LogP contribution in [0.4, 0.5) is 26.3 Å². The SMILES string of the molecule is CCCCCC1(C)COC(O)(c2ccc(C(F)(F)Oc3cc(F)c(F)c(F)c3)c(F)c2)OC1. The van der Waals surface area contributed by atoms with Crippen molar-refractivity contribution in [3.63, 3.8) is 0 Å². The first-order valence-corrected chi connectivity index (χ1v) is 10.4. The molecule has 1 N–H and O–H groups in total. The molecular formula is C23H24F6O4. The maximum Gasteiger partial charge on any atom is 0.429 e. The Labute approximate surface area is 187 Å². The summed E-state index contributed by atoms with van der Waals surface area (Å²) in [4.78, 5) is 0. The number of alkyl halides is 2. The van der Waals surface area contributed by atoms with Crippen LogP contribution >= 0.6 is 0 Å². The third-order valence-electron chi connectivity index (χ3n) is 5.47. The van der Waals surface area contributed by atoms with Crippen molar-refractivity contribution >= 4 is 0 Å². The molecule has 3 rings (SSSR count). The molecule has 0 saturated carbocycles. The van der Waals surface area contributed by atoms with Crippen LogP contribution in [0.3, 0.4) is 0 Å². The highest BCUT2D eigenvalue weighted by Gasteiger charge is 2.44. The molecule has 0 bridgehead atoms. The summed E-state index contributed by atoms with van der Waals surface area (Å²) in [5, 5.41) is 10.6. The van der Waals surface area contributed by atoms with E-state index in [1.807, 2.05) is 6.92 Å². The molecule has 1 heterocycles. The Morgan fingerprint density at radius 1 is 0.970 bits per heavy atom. The summed E-state index contributed by atoms with van der Waals surface area (Å²) in [6.45, 7) is 4.21. The Hall–Kier alpha value is -2.30. The van der Waals surface area contributed by atoms with Crippen LogP contribution in [0.15, 0.2) is 30.3 Å². The van der Waals surface area contributed by atoms with Gasteiger partial charge in [0.05, 0.1) is 18.8 Å². The standard InChI is InChI=1S/C23H24F6O4/c1-3-4-5-8-21(2)12-31-23(30,32-13-21)14-6-7-16(17(24)9-14)22(28,29)33-15-10-18(25)20(27)19(26)11-15/h6-7,9-11,30H,3-5,8,12-13H2,1-2H3. The van der Waals surface area contributed by atoms with Crippen molar-refractivity contribution in [1.82, 2.24) is 0 Å². The van der Waals surface area contributed by atoms with Crippen molar-refractivity contribution in [1.29, 1.82) is 0 Å². The largest absolute Gasteiger partial charge is 0.429 e. The van der Waals surface area contributed by atoms with Crippen molar-refractivity contribution in [2.24, 2.45) is 5.41 Å². The molecule has 4 nitrogen and oxygen atoms in total. The van der Waals surface area contributed by atoms with Crippen LogP contribution < -0.4 is 4.74 Å². The maximum absolute atomic E-state index is 14.6. The lowest BCUT2D eigenvalue weighted by atomic mass is 9.85. The highest BCUT2D eigenvalue weighted by atomic mass is 19.3. The molecule has 2 aromatic rings. The monoisotopic (exact) mass is 478 g/mol. The van der Waals surface area contributed by atoms with Crippen LogP contribution in [0.5, 0.6) is 5.75 Å². The normalized spacial score (nSPS) is 23.5. The van der Waals surface area contributed by atoms with Gasteiger partial charge in [-0.05, 0) is 18.6 Å². The second kappa shape index (κ2) is 9.52. The zero-order valence-electron chi connectivity index (χ0n) is 18.1. The van der Waals surface area contributed by atoms with E-state index in [-0.39, 0.29) is 36.3 Å². The Morgan fingerprint density at radius 2 is 1.58 bits per heavy atom. The molecule has 33 heavy (non-hydrogen) atoms. The zero-order chi connectivity index (χ0) is 24.4. The van der Waals surface area contributed by atoms with Gasteiger partial charge in [0.15, 0.2) is 17.5 Å². The van der Waals surface area contributed by atoms with E-state index in [1.54, 1.807) is 0 Å².